The molecule has 2 heterocycles. The normalized spacial score (nSPS) is 25.1. The van der Waals surface area contributed by atoms with Gasteiger partial charge in [-0.15, -0.1) is 0 Å². The molecular formula is C21H24N2O3. The summed E-state index contributed by atoms with van der Waals surface area (Å²) in [5, 5.41) is 0. The number of amides is 1. The first-order valence-corrected chi connectivity index (χ1v) is 9.23. The second kappa shape index (κ2) is 7.56. The fraction of sp³-hybridized carbons (Fsp3) is 0.429. The van der Waals surface area contributed by atoms with Crippen LogP contribution in [-0.4, -0.2) is 47.2 Å². The molecule has 3 atom stereocenters. The zero-order valence-electron chi connectivity index (χ0n) is 15.0. The molecule has 3 unspecified atom stereocenters. The lowest BCUT2D eigenvalue weighted by molar-refractivity contribution is -0.0598. The minimum atomic E-state index is -0.0920. The Bertz CT molecular complexity index is 765. The van der Waals surface area contributed by atoms with E-state index in [-0.39, 0.29) is 24.2 Å². The van der Waals surface area contributed by atoms with Gasteiger partial charge in [-0.25, -0.2) is 0 Å². The summed E-state index contributed by atoms with van der Waals surface area (Å²) < 4.78 is 12.2. The lowest BCUT2D eigenvalue weighted by atomic mass is 10.1. The summed E-state index contributed by atoms with van der Waals surface area (Å²) in [4.78, 5) is 19.3. The third-order valence-electron chi connectivity index (χ3n) is 5.36. The highest BCUT2D eigenvalue weighted by Crippen LogP contribution is 2.33. The maximum atomic E-state index is 13.2. The van der Waals surface area contributed by atoms with E-state index in [1.54, 1.807) is 6.20 Å². The van der Waals surface area contributed by atoms with Gasteiger partial charge >= 0.3 is 0 Å². The summed E-state index contributed by atoms with van der Waals surface area (Å²) in [5.41, 5.74) is 2.81. The first-order valence-electron chi connectivity index (χ1n) is 9.23. The van der Waals surface area contributed by atoms with Crippen molar-refractivity contribution < 1.29 is 14.3 Å². The van der Waals surface area contributed by atoms with E-state index in [1.165, 1.54) is 0 Å². The zero-order chi connectivity index (χ0) is 17.9. The third kappa shape index (κ3) is 3.37. The molecule has 0 radical (unpaired) electrons. The number of ether oxygens (including phenoxy) is 2. The minimum absolute atomic E-state index is 0.0614. The highest BCUT2D eigenvalue weighted by atomic mass is 16.5. The van der Waals surface area contributed by atoms with E-state index in [4.69, 9.17) is 9.47 Å². The van der Waals surface area contributed by atoms with Gasteiger partial charge in [-0.05, 0) is 43.0 Å². The van der Waals surface area contributed by atoms with Crippen LogP contribution in [0.5, 0.6) is 0 Å². The topological polar surface area (TPSA) is 51.7 Å². The Labute approximate surface area is 153 Å². The molecule has 1 amide bonds. The Morgan fingerprint density at radius 1 is 1.27 bits per heavy atom. The van der Waals surface area contributed by atoms with Gasteiger partial charge in [0.2, 0.25) is 0 Å². The molecule has 1 aromatic heterocycles. The number of carbonyl (C=O) groups is 1. The third-order valence-corrected chi connectivity index (χ3v) is 5.36. The van der Waals surface area contributed by atoms with Crippen LogP contribution in [0.25, 0.3) is 0 Å². The Kier molecular flexibility index (Phi) is 5.00. The van der Waals surface area contributed by atoms with E-state index < -0.39 is 0 Å². The predicted molar refractivity (Wildman–Crippen MR) is 97.8 cm³/mol. The standard InChI is InChI=1S/C21H24N2O3/c1-15-5-2-3-7-17(15)21(24)23-11-12-25-19-9-8-18(23)20(19)26-14-16-6-4-10-22-13-16/h2-7,10,13,18-20H,8-9,11-12,14H2,1H3. The summed E-state index contributed by atoms with van der Waals surface area (Å²) >= 11 is 0. The van der Waals surface area contributed by atoms with Gasteiger partial charge in [-0.3, -0.25) is 9.78 Å². The lowest BCUT2D eigenvalue weighted by Crippen LogP contribution is -2.46. The Morgan fingerprint density at radius 2 is 2.15 bits per heavy atom. The first-order chi connectivity index (χ1) is 12.7. The molecule has 1 aromatic carbocycles. The maximum Gasteiger partial charge on any atom is 0.254 e. The molecule has 2 fully saturated rings. The maximum absolute atomic E-state index is 13.2. The van der Waals surface area contributed by atoms with Gasteiger partial charge < -0.3 is 14.4 Å². The van der Waals surface area contributed by atoms with Crippen LogP contribution in [0.3, 0.4) is 0 Å². The quantitative estimate of drug-likeness (QED) is 0.849. The van der Waals surface area contributed by atoms with E-state index in [2.05, 4.69) is 4.98 Å². The number of aryl methyl sites for hydroxylation is 1. The van der Waals surface area contributed by atoms with Crippen LogP contribution in [0.4, 0.5) is 0 Å². The molecule has 26 heavy (non-hydrogen) atoms. The van der Waals surface area contributed by atoms with Crippen molar-refractivity contribution in [2.24, 2.45) is 0 Å². The zero-order valence-corrected chi connectivity index (χ0v) is 15.0. The number of rotatable bonds is 4. The van der Waals surface area contributed by atoms with Crippen molar-refractivity contribution >= 4 is 5.91 Å². The number of hydrogen-bond donors (Lipinski definition) is 0. The average Bonchev–Trinajstić information content (AvgIpc) is 2.96. The number of aromatic nitrogens is 1. The number of hydrogen-bond acceptors (Lipinski definition) is 4. The van der Waals surface area contributed by atoms with Gasteiger partial charge in [0.05, 0.1) is 25.4 Å². The van der Waals surface area contributed by atoms with E-state index in [0.717, 1.165) is 29.5 Å². The lowest BCUT2D eigenvalue weighted by Gasteiger charge is -2.31. The average molecular weight is 352 g/mol. The molecule has 5 nitrogen and oxygen atoms in total. The fourth-order valence-corrected chi connectivity index (χ4v) is 4.01. The van der Waals surface area contributed by atoms with Crippen LogP contribution < -0.4 is 0 Å². The van der Waals surface area contributed by atoms with Gasteiger partial charge in [-0.2, -0.15) is 0 Å². The largest absolute Gasteiger partial charge is 0.374 e. The molecule has 2 bridgehead atoms. The molecule has 0 N–H and O–H groups in total. The highest BCUT2D eigenvalue weighted by molar-refractivity contribution is 5.96. The van der Waals surface area contributed by atoms with Gasteiger partial charge in [0, 0.05) is 24.5 Å². The number of carbonyl (C=O) groups excluding carboxylic acids is 1. The van der Waals surface area contributed by atoms with E-state index in [9.17, 15) is 4.79 Å². The molecule has 4 rings (SSSR count). The van der Waals surface area contributed by atoms with Crippen molar-refractivity contribution in [1.82, 2.24) is 9.88 Å². The summed E-state index contributed by atoms with van der Waals surface area (Å²) in [7, 11) is 0. The smallest absolute Gasteiger partial charge is 0.254 e. The number of fused-ring (bicyclic) bond motifs is 2. The molecule has 2 aliphatic rings. The molecule has 1 saturated heterocycles. The van der Waals surface area contributed by atoms with Crippen LogP contribution in [0.15, 0.2) is 48.8 Å². The van der Waals surface area contributed by atoms with Gasteiger partial charge in [0.1, 0.15) is 6.10 Å². The predicted octanol–water partition coefficient (Wildman–Crippen LogP) is 2.98. The summed E-state index contributed by atoms with van der Waals surface area (Å²) in [6, 6.07) is 11.7. The van der Waals surface area contributed by atoms with Crippen molar-refractivity contribution in [3.63, 3.8) is 0 Å². The molecule has 1 aliphatic carbocycles. The minimum Gasteiger partial charge on any atom is -0.374 e. The SMILES string of the molecule is Cc1ccccc1C(=O)N1CCOC2CCC1C2OCc1cccnc1. The fourth-order valence-electron chi connectivity index (χ4n) is 4.01. The van der Waals surface area contributed by atoms with Crippen LogP contribution in [0.2, 0.25) is 0 Å². The molecule has 1 aliphatic heterocycles. The number of nitrogens with zero attached hydrogens (tertiary/aromatic N) is 2. The van der Waals surface area contributed by atoms with Gasteiger partial charge in [0.25, 0.3) is 5.91 Å². The van der Waals surface area contributed by atoms with Crippen LogP contribution in [0.1, 0.15) is 34.3 Å². The van der Waals surface area contributed by atoms with Crippen molar-refractivity contribution in [2.75, 3.05) is 13.2 Å². The van der Waals surface area contributed by atoms with Crippen molar-refractivity contribution in [3.05, 3.63) is 65.5 Å². The van der Waals surface area contributed by atoms with E-state index >= 15 is 0 Å². The van der Waals surface area contributed by atoms with Crippen molar-refractivity contribution in [3.8, 4) is 0 Å². The first kappa shape index (κ1) is 17.2. The molecule has 136 valence electrons. The van der Waals surface area contributed by atoms with Crippen LogP contribution in [0, 0.1) is 6.92 Å². The highest BCUT2D eigenvalue weighted by Gasteiger charge is 2.44. The number of pyridine rings is 1. The van der Waals surface area contributed by atoms with Gasteiger partial charge in [-0.1, -0.05) is 24.3 Å². The molecule has 1 saturated carbocycles. The molecule has 0 spiro atoms. The summed E-state index contributed by atoms with van der Waals surface area (Å²) in [5.74, 6) is 0.0780. The van der Waals surface area contributed by atoms with Crippen LogP contribution >= 0.6 is 0 Å². The number of benzene rings is 1. The molecular weight excluding hydrogens is 328 g/mol. The second-order valence-electron chi connectivity index (χ2n) is 7.00. The summed E-state index contributed by atoms with van der Waals surface area (Å²) in [6.45, 7) is 3.64. The van der Waals surface area contributed by atoms with Crippen molar-refractivity contribution in [1.29, 1.82) is 0 Å². The Balaban J connectivity index is 1.53. The monoisotopic (exact) mass is 352 g/mol. The van der Waals surface area contributed by atoms with Crippen molar-refractivity contribution in [2.45, 2.75) is 44.6 Å². The van der Waals surface area contributed by atoms with Gasteiger partial charge in [0.15, 0.2) is 0 Å². The second-order valence-corrected chi connectivity index (χ2v) is 7.00. The molecule has 5 heteroatoms. The van der Waals surface area contributed by atoms with E-state index in [1.807, 2.05) is 54.4 Å². The summed E-state index contributed by atoms with van der Waals surface area (Å²) in [6.07, 6.45) is 5.39. The Morgan fingerprint density at radius 3 is 2.96 bits per heavy atom. The van der Waals surface area contributed by atoms with E-state index in [0.29, 0.717) is 19.8 Å². The van der Waals surface area contributed by atoms with Crippen LogP contribution in [-0.2, 0) is 16.1 Å². The Hall–Kier alpha value is -2.24. The molecule has 2 aromatic rings.